The van der Waals surface area contributed by atoms with E-state index in [1.165, 1.54) is 12.8 Å². The van der Waals surface area contributed by atoms with Crippen LogP contribution in [0.25, 0.3) is 0 Å². The van der Waals surface area contributed by atoms with Gasteiger partial charge in [0.05, 0.1) is 5.56 Å². The number of nitrogens with zero attached hydrogens (tertiary/aromatic N) is 1. The second kappa shape index (κ2) is 7.22. The lowest BCUT2D eigenvalue weighted by atomic mass is 9.98. The van der Waals surface area contributed by atoms with Crippen LogP contribution in [-0.4, -0.2) is 17.4 Å². The Labute approximate surface area is 147 Å². The van der Waals surface area contributed by atoms with Crippen molar-refractivity contribution in [3.05, 3.63) is 52.7 Å². The average molecular weight is 344 g/mol. The summed E-state index contributed by atoms with van der Waals surface area (Å²) in [7, 11) is 0. The molecule has 5 heteroatoms. The van der Waals surface area contributed by atoms with E-state index < -0.39 is 0 Å². The van der Waals surface area contributed by atoms with Crippen LogP contribution in [0.1, 0.15) is 48.5 Å². The lowest BCUT2D eigenvalue weighted by Crippen LogP contribution is -2.27. The van der Waals surface area contributed by atoms with Crippen LogP contribution in [0.4, 0.5) is 11.5 Å². The molecule has 0 radical (unpaired) electrons. The Kier molecular flexibility index (Phi) is 5.05. The zero-order valence-corrected chi connectivity index (χ0v) is 14.7. The van der Waals surface area contributed by atoms with Crippen LogP contribution >= 0.6 is 11.6 Å². The predicted molar refractivity (Wildman–Crippen MR) is 98.1 cm³/mol. The topological polar surface area (TPSA) is 54.0 Å². The fourth-order valence-electron chi connectivity index (χ4n) is 2.58. The van der Waals surface area contributed by atoms with Gasteiger partial charge in [-0.15, -0.1) is 0 Å². The number of anilines is 2. The molecule has 1 saturated carbocycles. The molecule has 0 bridgehead atoms. The van der Waals surface area contributed by atoms with Gasteiger partial charge in [-0.2, -0.15) is 0 Å². The number of pyridine rings is 1. The van der Waals surface area contributed by atoms with Crippen LogP contribution < -0.4 is 10.6 Å². The van der Waals surface area contributed by atoms with Gasteiger partial charge in [0, 0.05) is 23.5 Å². The van der Waals surface area contributed by atoms with Crippen molar-refractivity contribution in [2.75, 3.05) is 11.9 Å². The Hall–Kier alpha value is -2.07. The summed E-state index contributed by atoms with van der Waals surface area (Å²) >= 11 is 6.01. The van der Waals surface area contributed by atoms with Crippen LogP contribution in [0.5, 0.6) is 0 Å². The molecular weight excluding hydrogens is 322 g/mol. The van der Waals surface area contributed by atoms with E-state index in [0.29, 0.717) is 22.3 Å². The quantitative estimate of drug-likeness (QED) is 0.796. The fourth-order valence-corrected chi connectivity index (χ4v) is 2.77. The molecule has 0 atom stereocenters. The lowest BCUT2D eigenvalue weighted by Gasteiger charge is -2.15. The number of carbonyl (C=O) groups is 1. The van der Waals surface area contributed by atoms with Crippen LogP contribution in [0.3, 0.4) is 0 Å². The number of amides is 1. The molecule has 1 heterocycles. The summed E-state index contributed by atoms with van der Waals surface area (Å²) in [6.45, 7) is 4.92. The van der Waals surface area contributed by atoms with Gasteiger partial charge in [0.2, 0.25) is 0 Å². The second-order valence-corrected chi connectivity index (χ2v) is 7.04. The molecule has 126 valence electrons. The third-order valence-corrected chi connectivity index (χ3v) is 4.38. The molecule has 2 aromatic rings. The molecule has 1 fully saturated rings. The van der Waals surface area contributed by atoms with Crippen molar-refractivity contribution in [1.29, 1.82) is 0 Å². The van der Waals surface area contributed by atoms with Crippen LogP contribution in [0.2, 0.25) is 5.02 Å². The van der Waals surface area contributed by atoms with E-state index >= 15 is 0 Å². The van der Waals surface area contributed by atoms with E-state index in [2.05, 4.69) is 29.5 Å². The molecule has 4 nitrogen and oxygen atoms in total. The monoisotopic (exact) mass is 343 g/mol. The highest BCUT2D eigenvalue weighted by Crippen LogP contribution is 2.28. The van der Waals surface area contributed by atoms with Crippen molar-refractivity contribution < 1.29 is 4.79 Å². The first-order chi connectivity index (χ1) is 11.5. The van der Waals surface area contributed by atoms with E-state index in [0.717, 1.165) is 17.8 Å². The summed E-state index contributed by atoms with van der Waals surface area (Å²) in [5.41, 5.74) is 2.51. The van der Waals surface area contributed by atoms with E-state index in [1.807, 2.05) is 30.3 Å². The largest absolute Gasteiger partial charge is 0.352 e. The number of nitrogens with one attached hydrogen (secondary N) is 2. The first-order valence-corrected chi connectivity index (χ1v) is 8.71. The maximum atomic E-state index is 12.4. The maximum absolute atomic E-state index is 12.4. The smallest absolute Gasteiger partial charge is 0.253 e. The molecule has 24 heavy (non-hydrogen) atoms. The fraction of sp³-hybridized carbons (Fsp3) is 0.368. The van der Waals surface area contributed by atoms with Crippen LogP contribution in [0.15, 0.2) is 36.5 Å². The summed E-state index contributed by atoms with van der Waals surface area (Å²) in [4.78, 5) is 16.8. The van der Waals surface area contributed by atoms with Gasteiger partial charge in [0.1, 0.15) is 5.82 Å². The zero-order chi connectivity index (χ0) is 17.1. The summed E-state index contributed by atoms with van der Waals surface area (Å²) in [5, 5.41) is 6.92. The summed E-state index contributed by atoms with van der Waals surface area (Å²) in [6.07, 6.45) is 4.10. The molecule has 0 spiro atoms. The minimum Gasteiger partial charge on any atom is -0.352 e. The van der Waals surface area contributed by atoms with Gasteiger partial charge in [-0.3, -0.25) is 4.79 Å². The van der Waals surface area contributed by atoms with Crippen molar-refractivity contribution in [2.24, 2.45) is 5.92 Å². The first-order valence-electron chi connectivity index (χ1n) is 8.33. The van der Waals surface area contributed by atoms with Gasteiger partial charge in [0.15, 0.2) is 0 Å². The Morgan fingerprint density at radius 2 is 2.12 bits per heavy atom. The molecule has 1 aliphatic rings. The maximum Gasteiger partial charge on any atom is 0.253 e. The predicted octanol–water partition coefficient (Wildman–Crippen LogP) is 4.74. The standard InChI is InChI=1S/C19H22ClN3O/c1-12(2)16-9-18(23-15-5-3-4-14(20)8-15)21-11-17(16)19(24)22-10-13-6-7-13/h3-5,8-9,11-13H,6-7,10H2,1-2H3,(H,21,23)(H,22,24). The van der Waals surface area contributed by atoms with Gasteiger partial charge in [-0.25, -0.2) is 4.98 Å². The molecule has 3 rings (SSSR count). The molecule has 0 saturated heterocycles. The summed E-state index contributed by atoms with van der Waals surface area (Å²) in [6, 6.07) is 9.42. The number of halogens is 1. The SMILES string of the molecule is CC(C)c1cc(Nc2cccc(Cl)c2)ncc1C(=O)NCC1CC1. The van der Waals surface area contributed by atoms with Crippen molar-refractivity contribution in [3.63, 3.8) is 0 Å². The first kappa shape index (κ1) is 16.8. The summed E-state index contributed by atoms with van der Waals surface area (Å²) in [5.74, 6) is 1.56. The van der Waals surface area contributed by atoms with Crippen molar-refractivity contribution in [1.82, 2.24) is 10.3 Å². The van der Waals surface area contributed by atoms with Crippen molar-refractivity contribution >= 4 is 29.0 Å². The zero-order valence-electron chi connectivity index (χ0n) is 14.0. The molecule has 0 aliphatic heterocycles. The van der Waals surface area contributed by atoms with Gasteiger partial charge < -0.3 is 10.6 Å². The third kappa shape index (κ3) is 4.26. The van der Waals surface area contributed by atoms with Gasteiger partial charge in [0.25, 0.3) is 5.91 Å². The highest BCUT2D eigenvalue weighted by Gasteiger charge is 2.23. The Bertz CT molecular complexity index is 741. The highest BCUT2D eigenvalue weighted by molar-refractivity contribution is 6.30. The van der Waals surface area contributed by atoms with E-state index in [9.17, 15) is 4.79 Å². The minimum absolute atomic E-state index is 0.0348. The molecular formula is C19H22ClN3O. The normalized spacial score (nSPS) is 13.8. The Balaban J connectivity index is 1.79. The van der Waals surface area contributed by atoms with Crippen molar-refractivity contribution in [2.45, 2.75) is 32.6 Å². The molecule has 2 N–H and O–H groups in total. The number of hydrogen-bond donors (Lipinski definition) is 2. The van der Waals surface area contributed by atoms with Gasteiger partial charge in [-0.05, 0) is 54.5 Å². The molecule has 1 aromatic heterocycles. The summed E-state index contributed by atoms with van der Waals surface area (Å²) < 4.78 is 0. The Morgan fingerprint density at radius 1 is 1.33 bits per heavy atom. The number of rotatable bonds is 6. The lowest BCUT2D eigenvalue weighted by molar-refractivity contribution is 0.0950. The molecule has 1 amide bonds. The van der Waals surface area contributed by atoms with Crippen LogP contribution in [0, 0.1) is 5.92 Å². The number of aromatic nitrogens is 1. The number of carbonyl (C=O) groups excluding carboxylic acids is 1. The van der Waals surface area contributed by atoms with E-state index in [-0.39, 0.29) is 11.8 Å². The number of benzene rings is 1. The second-order valence-electron chi connectivity index (χ2n) is 6.60. The third-order valence-electron chi connectivity index (χ3n) is 4.15. The highest BCUT2D eigenvalue weighted by atomic mass is 35.5. The van der Waals surface area contributed by atoms with Gasteiger partial charge in [-0.1, -0.05) is 31.5 Å². The van der Waals surface area contributed by atoms with E-state index in [4.69, 9.17) is 11.6 Å². The van der Waals surface area contributed by atoms with E-state index in [1.54, 1.807) is 6.20 Å². The molecule has 1 aromatic carbocycles. The van der Waals surface area contributed by atoms with Gasteiger partial charge >= 0.3 is 0 Å². The number of hydrogen-bond acceptors (Lipinski definition) is 3. The molecule has 1 aliphatic carbocycles. The minimum atomic E-state index is -0.0348. The van der Waals surface area contributed by atoms with Crippen molar-refractivity contribution in [3.8, 4) is 0 Å². The Morgan fingerprint density at radius 3 is 2.79 bits per heavy atom. The van der Waals surface area contributed by atoms with Crippen LogP contribution in [-0.2, 0) is 0 Å². The molecule has 0 unspecified atom stereocenters. The average Bonchev–Trinajstić information content (AvgIpc) is 3.37.